The molecular weight excluding hydrogens is 510 g/mol. The molecule has 0 radical (unpaired) electrons. The van der Waals surface area contributed by atoms with Crippen molar-refractivity contribution in [2.45, 2.75) is 78.5 Å². The van der Waals surface area contributed by atoms with Crippen molar-refractivity contribution in [1.82, 2.24) is 24.5 Å². The number of rotatable bonds is 14. The largest absolute Gasteiger partial charge is 0.381 e. The van der Waals surface area contributed by atoms with Crippen molar-refractivity contribution >= 4 is 16.6 Å². The van der Waals surface area contributed by atoms with Crippen LogP contribution in [0.2, 0.25) is 0 Å². The second-order valence-corrected chi connectivity index (χ2v) is 10.9. The van der Waals surface area contributed by atoms with Crippen molar-refractivity contribution < 1.29 is 13.9 Å². The molecule has 0 spiro atoms. The van der Waals surface area contributed by atoms with Gasteiger partial charge in [0.15, 0.2) is 0 Å². The van der Waals surface area contributed by atoms with Gasteiger partial charge in [-0.1, -0.05) is 59.4 Å². The minimum atomic E-state index is -1.79. The Bertz CT molecular complexity index is 1350. The number of halogens is 2. The summed E-state index contributed by atoms with van der Waals surface area (Å²) in [5.74, 6) is -0.303. The van der Waals surface area contributed by atoms with Crippen LogP contribution >= 0.6 is 0 Å². The Morgan fingerprint density at radius 1 is 0.925 bits per heavy atom. The number of fused-ring (bicyclic) bond motifs is 1. The molecule has 2 heterocycles. The maximum Gasteiger partial charge on any atom is 0.137 e. The Balaban J connectivity index is 1.73. The van der Waals surface area contributed by atoms with E-state index in [1.165, 1.54) is 23.4 Å². The molecule has 2 atom stereocenters. The third-order valence-corrected chi connectivity index (χ3v) is 8.54. The number of benzene rings is 2. The third kappa shape index (κ3) is 6.19. The van der Waals surface area contributed by atoms with Crippen molar-refractivity contribution in [1.29, 1.82) is 0 Å². The van der Waals surface area contributed by atoms with Gasteiger partial charge in [0.1, 0.15) is 29.9 Å². The molecule has 0 amide bonds. The zero-order valence-corrected chi connectivity index (χ0v) is 24.3. The fourth-order valence-electron chi connectivity index (χ4n) is 5.59. The molecule has 9 heteroatoms. The Kier molecular flexibility index (Phi) is 9.56. The van der Waals surface area contributed by atoms with Crippen molar-refractivity contribution in [3.63, 3.8) is 0 Å². The van der Waals surface area contributed by atoms with Crippen LogP contribution in [-0.4, -0.2) is 42.7 Å². The van der Waals surface area contributed by atoms with Crippen LogP contribution in [0.5, 0.6) is 0 Å². The van der Waals surface area contributed by atoms with E-state index >= 15 is 4.39 Å². The molecule has 0 aliphatic carbocycles. The lowest BCUT2D eigenvalue weighted by atomic mass is 9.86. The van der Waals surface area contributed by atoms with Crippen LogP contribution in [0.1, 0.15) is 71.9 Å². The second kappa shape index (κ2) is 12.9. The van der Waals surface area contributed by atoms with Crippen LogP contribution in [0.3, 0.4) is 0 Å². The molecule has 0 aliphatic rings. The molecule has 2 aromatic heterocycles. The molecule has 216 valence electrons. The van der Waals surface area contributed by atoms with Crippen LogP contribution in [0, 0.1) is 23.5 Å². The highest BCUT2D eigenvalue weighted by molar-refractivity contribution is 5.83. The first-order valence-electron chi connectivity index (χ1n) is 14.5. The van der Waals surface area contributed by atoms with Crippen LogP contribution in [0.4, 0.5) is 14.5 Å². The van der Waals surface area contributed by atoms with Crippen molar-refractivity contribution in [3.05, 3.63) is 72.4 Å². The second-order valence-electron chi connectivity index (χ2n) is 10.9. The zero-order chi connectivity index (χ0) is 28.9. The average molecular weight is 553 g/mol. The Labute approximate surface area is 235 Å². The Morgan fingerprint density at radius 2 is 1.60 bits per heavy atom. The van der Waals surface area contributed by atoms with Crippen LogP contribution in [0.25, 0.3) is 10.9 Å². The van der Waals surface area contributed by atoms with E-state index in [0.717, 1.165) is 67.5 Å². The summed E-state index contributed by atoms with van der Waals surface area (Å²) in [5, 5.41) is 21.8. The molecule has 40 heavy (non-hydrogen) atoms. The smallest absolute Gasteiger partial charge is 0.137 e. The average Bonchev–Trinajstić information content (AvgIpc) is 3.62. The van der Waals surface area contributed by atoms with Gasteiger partial charge in [0.25, 0.3) is 0 Å². The number of hydrogen-bond donors (Lipinski definition) is 1. The topological polar surface area (TPSA) is 72.0 Å². The third-order valence-electron chi connectivity index (χ3n) is 8.54. The molecule has 0 aliphatic heterocycles. The highest BCUT2D eigenvalue weighted by Crippen LogP contribution is 2.38. The van der Waals surface area contributed by atoms with Gasteiger partial charge < -0.3 is 10.0 Å². The first kappa shape index (κ1) is 29.6. The van der Waals surface area contributed by atoms with E-state index in [2.05, 4.69) is 59.9 Å². The van der Waals surface area contributed by atoms with Gasteiger partial charge in [0.2, 0.25) is 0 Å². The lowest BCUT2D eigenvalue weighted by Gasteiger charge is -2.35. The highest BCUT2D eigenvalue weighted by atomic mass is 19.1. The van der Waals surface area contributed by atoms with Crippen molar-refractivity contribution in [3.8, 4) is 0 Å². The monoisotopic (exact) mass is 552 g/mol. The van der Waals surface area contributed by atoms with Gasteiger partial charge in [-0.25, -0.2) is 18.4 Å². The quantitative estimate of drug-likeness (QED) is 0.188. The van der Waals surface area contributed by atoms with Gasteiger partial charge in [-0.3, -0.25) is 4.68 Å². The number of aromatic nitrogens is 5. The van der Waals surface area contributed by atoms with Crippen LogP contribution in [0.15, 0.2) is 55.2 Å². The molecule has 0 saturated carbocycles. The summed E-state index contributed by atoms with van der Waals surface area (Å²) in [6.45, 7) is 12.7. The molecule has 1 N–H and O–H groups in total. The summed E-state index contributed by atoms with van der Waals surface area (Å²) in [7, 11) is 0. The molecule has 0 bridgehead atoms. The summed E-state index contributed by atoms with van der Waals surface area (Å²) in [5.41, 5.74) is 0.153. The van der Waals surface area contributed by atoms with Gasteiger partial charge in [-0.05, 0) is 43.0 Å². The Hall–Kier alpha value is -3.33. The SMILES string of the molecule is CCC(CC)CN(CC(CC)CC)c1ccc2c(cnn2[C@H](C)[C@](O)(Cn2cncn2)c2ccc(F)cc2F)c1. The van der Waals surface area contributed by atoms with E-state index in [-0.39, 0.29) is 12.1 Å². The molecule has 7 nitrogen and oxygen atoms in total. The van der Waals surface area contributed by atoms with Crippen LogP contribution in [-0.2, 0) is 12.1 Å². The summed E-state index contributed by atoms with van der Waals surface area (Å²) in [4.78, 5) is 6.46. The maximum absolute atomic E-state index is 15.1. The lowest BCUT2D eigenvalue weighted by molar-refractivity contribution is -0.0354. The summed E-state index contributed by atoms with van der Waals surface area (Å²) < 4.78 is 32.0. The van der Waals surface area contributed by atoms with E-state index in [1.54, 1.807) is 17.8 Å². The minimum absolute atomic E-state index is 0.0290. The number of nitrogens with zero attached hydrogens (tertiary/aromatic N) is 6. The molecule has 4 aromatic rings. The summed E-state index contributed by atoms with van der Waals surface area (Å²) in [6.07, 6.45) is 9.15. The molecular formula is C31H42F2N6O. The molecule has 0 unspecified atom stereocenters. The predicted octanol–water partition coefficient (Wildman–Crippen LogP) is 6.73. The van der Waals surface area contributed by atoms with E-state index in [4.69, 9.17) is 0 Å². The fraction of sp³-hybridized carbons (Fsp3) is 0.516. The molecule has 4 rings (SSSR count). The summed E-state index contributed by atoms with van der Waals surface area (Å²) in [6, 6.07) is 8.81. The lowest BCUT2D eigenvalue weighted by Crippen LogP contribution is -2.41. The molecule has 2 aromatic carbocycles. The first-order chi connectivity index (χ1) is 19.2. The van der Waals surface area contributed by atoms with Gasteiger partial charge in [-0.15, -0.1) is 0 Å². The maximum atomic E-state index is 15.1. The Morgan fingerprint density at radius 3 is 2.17 bits per heavy atom. The summed E-state index contributed by atoms with van der Waals surface area (Å²) >= 11 is 0. The van der Waals surface area contributed by atoms with E-state index in [0.29, 0.717) is 11.8 Å². The van der Waals surface area contributed by atoms with Gasteiger partial charge in [-0.2, -0.15) is 10.2 Å². The van der Waals surface area contributed by atoms with Crippen molar-refractivity contribution in [2.24, 2.45) is 11.8 Å². The standard InChI is InChI=1S/C31H42F2N6O/c1-6-23(7-2)17-37(18-24(8-3)9-4)27-11-13-30-25(14-27)16-35-39(30)22(5)31(40,19-38-21-34-20-36-38)28-12-10-26(32)15-29(28)33/h10-16,20-24,40H,6-9,17-19H2,1-5H3/t22-,31-/m1/s1. The van der Waals surface area contributed by atoms with Crippen molar-refractivity contribution in [2.75, 3.05) is 18.0 Å². The normalized spacial score (nSPS) is 14.2. The number of anilines is 1. The van der Waals surface area contributed by atoms with Gasteiger partial charge in [0, 0.05) is 35.8 Å². The minimum Gasteiger partial charge on any atom is -0.381 e. The molecule has 0 saturated heterocycles. The highest BCUT2D eigenvalue weighted by Gasteiger charge is 2.41. The fourth-order valence-corrected chi connectivity index (χ4v) is 5.59. The predicted molar refractivity (Wildman–Crippen MR) is 155 cm³/mol. The van der Waals surface area contributed by atoms with E-state index in [9.17, 15) is 9.50 Å². The molecule has 0 fully saturated rings. The number of hydrogen-bond acceptors (Lipinski definition) is 5. The van der Waals surface area contributed by atoms with Crippen LogP contribution < -0.4 is 4.90 Å². The van der Waals surface area contributed by atoms with Gasteiger partial charge >= 0.3 is 0 Å². The van der Waals surface area contributed by atoms with E-state index < -0.39 is 23.3 Å². The zero-order valence-electron chi connectivity index (χ0n) is 24.3. The number of aliphatic hydroxyl groups is 1. The van der Waals surface area contributed by atoms with Gasteiger partial charge in [0.05, 0.1) is 24.3 Å². The first-order valence-corrected chi connectivity index (χ1v) is 14.5. The van der Waals surface area contributed by atoms with E-state index in [1.807, 2.05) is 6.07 Å².